The Bertz CT molecular complexity index is 949. The molecule has 0 heterocycles. The molecule has 2 aromatic carbocycles. The van der Waals surface area contributed by atoms with Crippen LogP contribution in [0.25, 0.3) is 0 Å². The quantitative estimate of drug-likeness (QED) is 0.390. The third-order valence-electron chi connectivity index (χ3n) is 5.87. The molecule has 5 nitrogen and oxygen atoms in total. The maximum atomic E-state index is 13.3. The molecule has 8 heteroatoms. The highest BCUT2D eigenvalue weighted by Gasteiger charge is 2.31. The van der Waals surface area contributed by atoms with Gasteiger partial charge in [0.25, 0.3) is 5.91 Å². The topological polar surface area (TPSA) is 58.6 Å². The van der Waals surface area contributed by atoms with E-state index >= 15 is 0 Å². The molecule has 1 atom stereocenters. The van der Waals surface area contributed by atoms with Crippen LogP contribution in [-0.4, -0.2) is 35.4 Å². The lowest BCUT2D eigenvalue weighted by Gasteiger charge is -2.33. The van der Waals surface area contributed by atoms with Gasteiger partial charge in [0.15, 0.2) is 6.61 Å². The second-order valence-electron chi connectivity index (χ2n) is 8.27. The molecule has 2 amide bonds. The third-order valence-corrected chi connectivity index (χ3v) is 6.98. The van der Waals surface area contributed by atoms with Crippen LogP contribution in [0.3, 0.4) is 0 Å². The van der Waals surface area contributed by atoms with Gasteiger partial charge in [-0.1, -0.05) is 71.4 Å². The fourth-order valence-electron chi connectivity index (χ4n) is 4.06. The molecule has 0 aromatic heterocycles. The van der Waals surface area contributed by atoms with Gasteiger partial charge < -0.3 is 15.0 Å². The summed E-state index contributed by atoms with van der Waals surface area (Å²) in [5.41, 5.74) is 0.724. The summed E-state index contributed by atoms with van der Waals surface area (Å²) in [7, 11) is 0. The van der Waals surface area contributed by atoms with Crippen molar-refractivity contribution in [3.8, 4) is 5.75 Å². The van der Waals surface area contributed by atoms with Crippen molar-refractivity contribution in [3.63, 3.8) is 0 Å². The van der Waals surface area contributed by atoms with Gasteiger partial charge in [-0.3, -0.25) is 9.59 Å². The number of carbonyl (C=O) groups is 2. The maximum absolute atomic E-state index is 13.3. The molecule has 1 aliphatic carbocycles. The molecule has 178 valence electrons. The summed E-state index contributed by atoms with van der Waals surface area (Å²) in [6.45, 7) is 1.92. The van der Waals surface area contributed by atoms with Gasteiger partial charge in [0.1, 0.15) is 11.8 Å². The molecule has 33 heavy (non-hydrogen) atoms. The van der Waals surface area contributed by atoms with E-state index < -0.39 is 6.04 Å². The molecule has 3 rings (SSSR count). The number of hydrogen-bond acceptors (Lipinski definition) is 3. The van der Waals surface area contributed by atoms with Crippen LogP contribution in [0.2, 0.25) is 10.0 Å². The molecule has 0 radical (unpaired) electrons. The van der Waals surface area contributed by atoms with Crippen LogP contribution in [0.1, 0.15) is 51.0 Å². The molecule has 0 aliphatic heterocycles. The second-order valence-corrected chi connectivity index (χ2v) is 10.0. The highest BCUT2D eigenvalue weighted by Crippen LogP contribution is 2.25. The number of benzene rings is 2. The Labute approximate surface area is 213 Å². The zero-order chi connectivity index (χ0) is 23.8. The van der Waals surface area contributed by atoms with Crippen molar-refractivity contribution < 1.29 is 14.3 Å². The third kappa shape index (κ3) is 7.62. The molecule has 0 spiro atoms. The monoisotopic (exact) mass is 554 g/mol. The van der Waals surface area contributed by atoms with E-state index in [0.717, 1.165) is 35.7 Å². The minimum absolute atomic E-state index is 0.133. The lowest BCUT2D eigenvalue weighted by atomic mass is 9.95. The Kier molecular flexibility index (Phi) is 9.90. The van der Waals surface area contributed by atoms with Gasteiger partial charge in [-0.05, 0) is 61.2 Å². The lowest BCUT2D eigenvalue weighted by molar-refractivity contribution is -0.143. The molecular weight excluding hydrogens is 527 g/mol. The molecule has 0 saturated heterocycles. The molecular formula is C25H29BrCl2N2O3. The van der Waals surface area contributed by atoms with E-state index in [1.165, 1.54) is 6.42 Å². The van der Waals surface area contributed by atoms with Crippen molar-refractivity contribution in [1.29, 1.82) is 0 Å². The van der Waals surface area contributed by atoms with Crippen molar-refractivity contribution in [2.24, 2.45) is 0 Å². The van der Waals surface area contributed by atoms with E-state index in [2.05, 4.69) is 21.2 Å². The summed E-state index contributed by atoms with van der Waals surface area (Å²) >= 11 is 15.8. The van der Waals surface area contributed by atoms with E-state index in [4.69, 9.17) is 27.9 Å². The first-order valence-electron chi connectivity index (χ1n) is 11.3. The van der Waals surface area contributed by atoms with E-state index in [-0.39, 0.29) is 31.0 Å². The average molecular weight is 556 g/mol. The Balaban J connectivity index is 1.77. The van der Waals surface area contributed by atoms with Gasteiger partial charge in [-0.25, -0.2) is 0 Å². The van der Waals surface area contributed by atoms with Crippen molar-refractivity contribution in [2.75, 3.05) is 6.61 Å². The lowest BCUT2D eigenvalue weighted by Crippen LogP contribution is -2.52. The summed E-state index contributed by atoms with van der Waals surface area (Å²) in [5.74, 6) is 0.164. The predicted octanol–water partition coefficient (Wildman–Crippen LogP) is 6.39. The zero-order valence-corrected chi connectivity index (χ0v) is 21.8. The van der Waals surface area contributed by atoms with Gasteiger partial charge in [0.05, 0.1) is 0 Å². The number of rotatable bonds is 9. The fourth-order valence-corrected chi connectivity index (χ4v) is 4.79. The number of ether oxygens (including phenoxy) is 1. The summed E-state index contributed by atoms with van der Waals surface area (Å²) in [4.78, 5) is 28.1. The molecule has 1 fully saturated rings. The first kappa shape index (κ1) is 25.9. The second kappa shape index (κ2) is 12.6. The smallest absolute Gasteiger partial charge is 0.261 e. The van der Waals surface area contributed by atoms with Crippen LogP contribution in [0, 0.1) is 0 Å². The predicted molar refractivity (Wildman–Crippen MR) is 136 cm³/mol. The SMILES string of the molecule is CC[C@H](C(=O)NC1CCCCC1)N(Cc1ccc(Cl)cc1Cl)C(=O)COc1ccc(Br)cc1. The Morgan fingerprint density at radius 3 is 2.45 bits per heavy atom. The maximum Gasteiger partial charge on any atom is 0.261 e. The highest BCUT2D eigenvalue weighted by molar-refractivity contribution is 9.10. The Morgan fingerprint density at radius 1 is 1.12 bits per heavy atom. The number of nitrogens with one attached hydrogen (secondary N) is 1. The first-order valence-corrected chi connectivity index (χ1v) is 12.8. The van der Waals surface area contributed by atoms with Crippen molar-refractivity contribution in [3.05, 3.63) is 62.5 Å². The van der Waals surface area contributed by atoms with Crippen molar-refractivity contribution in [1.82, 2.24) is 10.2 Å². The number of halogens is 3. The number of carbonyl (C=O) groups excluding carboxylic acids is 2. The minimum Gasteiger partial charge on any atom is -0.484 e. The molecule has 2 aromatic rings. The van der Waals surface area contributed by atoms with Gasteiger partial charge >= 0.3 is 0 Å². The normalized spacial score (nSPS) is 15.0. The van der Waals surface area contributed by atoms with E-state index in [0.29, 0.717) is 22.2 Å². The van der Waals surface area contributed by atoms with Gasteiger partial charge in [0, 0.05) is 27.1 Å². The standard InChI is InChI=1S/C25H29BrCl2N2O3/c1-2-23(25(32)29-20-6-4-3-5-7-20)30(15-17-8-11-19(27)14-22(17)28)24(31)16-33-21-12-9-18(26)10-13-21/h8-14,20,23H,2-7,15-16H2,1H3,(H,29,32)/t23-/m1/s1. The van der Waals surface area contributed by atoms with E-state index in [9.17, 15) is 9.59 Å². The van der Waals surface area contributed by atoms with Crippen molar-refractivity contribution in [2.45, 2.75) is 64.1 Å². The highest BCUT2D eigenvalue weighted by atomic mass is 79.9. The van der Waals surface area contributed by atoms with Crippen LogP contribution in [0.5, 0.6) is 5.75 Å². The number of amides is 2. The molecule has 1 aliphatic rings. The van der Waals surface area contributed by atoms with Crippen LogP contribution in [0.15, 0.2) is 46.9 Å². The van der Waals surface area contributed by atoms with Crippen LogP contribution in [-0.2, 0) is 16.1 Å². The molecule has 1 N–H and O–H groups in total. The van der Waals surface area contributed by atoms with Gasteiger partial charge in [-0.2, -0.15) is 0 Å². The van der Waals surface area contributed by atoms with Crippen LogP contribution < -0.4 is 10.1 Å². The van der Waals surface area contributed by atoms with Gasteiger partial charge in [-0.15, -0.1) is 0 Å². The summed E-state index contributed by atoms with van der Waals surface area (Å²) in [5, 5.41) is 4.13. The number of nitrogens with zero attached hydrogens (tertiary/aromatic N) is 1. The Hall–Kier alpha value is -1.76. The molecule has 0 unspecified atom stereocenters. The van der Waals surface area contributed by atoms with E-state index in [1.807, 2.05) is 19.1 Å². The van der Waals surface area contributed by atoms with Crippen LogP contribution in [0.4, 0.5) is 0 Å². The van der Waals surface area contributed by atoms with Gasteiger partial charge in [0.2, 0.25) is 5.91 Å². The average Bonchev–Trinajstić information content (AvgIpc) is 2.80. The summed E-state index contributed by atoms with van der Waals surface area (Å²) in [6.07, 6.45) is 5.87. The zero-order valence-electron chi connectivity index (χ0n) is 18.7. The van der Waals surface area contributed by atoms with Crippen molar-refractivity contribution >= 4 is 50.9 Å². The minimum atomic E-state index is -0.625. The number of hydrogen-bond donors (Lipinski definition) is 1. The summed E-state index contributed by atoms with van der Waals surface area (Å²) in [6, 6.07) is 11.9. The largest absolute Gasteiger partial charge is 0.484 e. The molecule has 1 saturated carbocycles. The Morgan fingerprint density at radius 2 is 1.82 bits per heavy atom. The first-order chi connectivity index (χ1) is 15.9. The van der Waals surface area contributed by atoms with E-state index in [1.54, 1.807) is 35.2 Å². The molecule has 0 bridgehead atoms. The summed E-state index contributed by atoms with van der Waals surface area (Å²) < 4.78 is 6.64. The fraction of sp³-hybridized carbons (Fsp3) is 0.440. The van der Waals surface area contributed by atoms with Crippen LogP contribution >= 0.6 is 39.1 Å².